The average molecular weight is 373 g/mol. The minimum absolute atomic E-state index is 0.427. The molecule has 0 aliphatic carbocycles. The number of hydrogen-bond acceptors (Lipinski definition) is 5. The highest BCUT2D eigenvalue weighted by Crippen LogP contribution is 2.20. The topological polar surface area (TPSA) is 75.4 Å². The molecule has 0 saturated carbocycles. The smallest absolute Gasteiger partial charge is 0.248 e. The predicted molar refractivity (Wildman–Crippen MR) is 110 cm³/mol. The van der Waals surface area contributed by atoms with Crippen LogP contribution in [-0.4, -0.2) is 47.0 Å². The fourth-order valence-electron chi connectivity index (χ4n) is 3.41. The number of primary amides is 1. The zero-order valence-corrected chi connectivity index (χ0v) is 15.7. The summed E-state index contributed by atoms with van der Waals surface area (Å²) in [6.45, 7) is 4.74. The summed E-state index contributed by atoms with van der Waals surface area (Å²) < 4.78 is 0. The summed E-state index contributed by atoms with van der Waals surface area (Å²) in [5, 5.41) is 0. The Kier molecular flexibility index (Phi) is 5.30. The molecular weight excluding hydrogens is 350 g/mol. The van der Waals surface area contributed by atoms with E-state index in [0.717, 1.165) is 49.9 Å². The number of carbonyl (C=O) groups is 1. The molecule has 6 heteroatoms. The third-order valence-electron chi connectivity index (χ3n) is 5.01. The van der Waals surface area contributed by atoms with Gasteiger partial charge in [0.2, 0.25) is 11.9 Å². The molecule has 1 aliphatic rings. The summed E-state index contributed by atoms with van der Waals surface area (Å²) in [7, 11) is 0. The van der Waals surface area contributed by atoms with Crippen molar-refractivity contribution in [2.75, 3.05) is 31.1 Å². The second kappa shape index (κ2) is 8.19. The highest BCUT2D eigenvalue weighted by molar-refractivity contribution is 5.93. The number of amides is 1. The molecular formula is C22H23N5O. The predicted octanol–water partition coefficient (Wildman–Crippen LogP) is 2.56. The number of anilines is 1. The lowest BCUT2D eigenvalue weighted by molar-refractivity contribution is 0.100. The van der Waals surface area contributed by atoms with Gasteiger partial charge in [0, 0.05) is 50.0 Å². The average Bonchev–Trinajstić information content (AvgIpc) is 2.75. The molecule has 3 aromatic rings. The van der Waals surface area contributed by atoms with Crippen molar-refractivity contribution in [3.05, 3.63) is 78.0 Å². The maximum atomic E-state index is 11.2. The van der Waals surface area contributed by atoms with Crippen LogP contribution in [0.5, 0.6) is 0 Å². The molecule has 1 aliphatic heterocycles. The Morgan fingerprint density at radius 2 is 1.64 bits per heavy atom. The molecule has 142 valence electrons. The van der Waals surface area contributed by atoms with Gasteiger partial charge in [-0.3, -0.25) is 9.69 Å². The van der Waals surface area contributed by atoms with Crippen molar-refractivity contribution < 1.29 is 4.79 Å². The van der Waals surface area contributed by atoms with E-state index >= 15 is 0 Å². The van der Waals surface area contributed by atoms with Crippen molar-refractivity contribution in [1.29, 1.82) is 0 Å². The van der Waals surface area contributed by atoms with Crippen LogP contribution in [0.25, 0.3) is 11.3 Å². The van der Waals surface area contributed by atoms with Gasteiger partial charge in [-0.25, -0.2) is 9.97 Å². The second-order valence-electron chi connectivity index (χ2n) is 6.93. The minimum atomic E-state index is -0.427. The first-order valence-electron chi connectivity index (χ1n) is 9.43. The second-order valence-corrected chi connectivity index (χ2v) is 6.93. The monoisotopic (exact) mass is 373 g/mol. The normalized spacial score (nSPS) is 14.8. The number of nitrogens with zero attached hydrogens (tertiary/aromatic N) is 4. The Balaban J connectivity index is 1.41. The van der Waals surface area contributed by atoms with E-state index in [-0.39, 0.29) is 0 Å². The van der Waals surface area contributed by atoms with Gasteiger partial charge in [-0.2, -0.15) is 0 Å². The Morgan fingerprint density at radius 1 is 0.929 bits per heavy atom. The van der Waals surface area contributed by atoms with Gasteiger partial charge in [-0.05, 0) is 23.8 Å². The van der Waals surface area contributed by atoms with Gasteiger partial charge in [0.25, 0.3) is 0 Å². The highest BCUT2D eigenvalue weighted by Gasteiger charge is 2.19. The number of hydrogen-bond donors (Lipinski definition) is 1. The van der Waals surface area contributed by atoms with Crippen LogP contribution in [0.2, 0.25) is 0 Å². The standard InChI is InChI=1S/C22H23N5O/c23-21(28)19-8-6-18(7-9-19)20-10-11-24-22(25-20)27-14-12-26(13-15-27)16-17-4-2-1-3-5-17/h1-11H,12-16H2,(H2,23,28). The van der Waals surface area contributed by atoms with E-state index in [0.29, 0.717) is 5.56 Å². The number of nitrogens with two attached hydrogens (primary N) is 1. The number of aromatic nitrogens is 2. The molecule has 1 amide bonds. The Labute approximate surface area is 164 Å². The quantitative estimate of drug-likeness (QED) is 0.744. The lowest BCUT2D eigenvalue weighted by Gasteiger charge is -2.34. The van der Waals surface area contributed by atoms with Gasteiger partial charge in [-0.15, -0.1) is 0 Å². The molecule has 0 atom stereocenters. The van der Waals surface area contributed by atoms with Gasteiger partial charge in [0.15, 0.2) is 0 Å². The van der Waals surface area contributed by atoms with Gasteiger partial charge in [0.05, 0.1) is 5.69 Å². The third-order valence-corrected chi connectivity index (χ3v) is 5.01. The van der Waals surface area contributed by atoms with Crippen LogP contribution in [0.15, 0.2) is 66.9 Å². The fraction of sp³-hybridized carbons (Fsp3) is 0.227. The molecule has 6 nitrogen and oxygen atoms in total. The van der Waals surface area contributed by atoms with Crippen LogP contribution in [0, 0.1) is 0 Å². The van der Waals surface area contributed by atoms with E-state index in [2.05, 4.69) is 39.0 Å². The maximum Gasteiger partial charge on any atom is 0.248 e. The molecule has 2 aromatic carbocycles. The van der Waals surface area contributed by atoms with Crippen molar-refractivity contribution in [3.63, 3.8) is 0 Å². The summed E-state index contributed by atoms with van der Waals surface area (Å²) in [5.41, 5.74) is 8.92. The Morgan fingerprint density at radius 3 is 2.32 bits per heavy atom. The van der Waals surface area contributed by atoms with E-state index in [4.69, 9.17) is 10.7 Å². The largest absolute Gasteiger partial charge is 0.366 e. The van der Waals surface area contributed by atoms with E-state index in [1.54, 1.807) is 18.3 Å². The van der Waals surface area contributed by atoms with Crippen molar-refractivity contribution in [2.45, 2.75) is 6.54 Å². The summed E-state index contributed by atoms with van der Waals surface area (Å²) in [4.78, 5) is 25.1. The fourth-order valence-corrected chi connectivity index (χ4v) is 3.41. The van der Waals surface area contributed by atoms with Crippen LogP contribution < -0.4 is 10.6 Å². The van der Waals surface area contributed by atoms with Crippen molar-refractivity contribution in [1.82, 2.24) is 14.9 Å². The molecule has 2 heterocycles. The number of benzene rings is 2. The molecule has 2 N–H and O–H groups in total. The molecule has 1 fully saturated rings. The maximum absolute atomic E-state index is 11.2. The number of piperazine rings is 1. The lowest BCUT2D eigenvalue weighted by atomic mass is 10.1. The van der Waals surface area contributed by atoms with Crippen LogP contribution in [0.3, 0.4) is 0 Å². The van der Waals surface area contributed by atoms with Crippen LogP contribution >= 0.6 is 0 Å². The molecule has 0 spiro atoms. The zero-order valence-electron chi connectivity index (χ0n) is 15.7. The molecule has 1 saturated heterocycles. The van der Waals surface area contributed by atoms with Gasteiger partial charge >= 0.3 is 0 Å². The molecule has 4 rings (SSSR count). The Hall–Kier alpha value is -3.25. The highest BCUT2D eigenvalue weighted by atomic mass is 16.1. The van der Waals surface area contributed by atoms with Crippen molar-refractivity contribution in [3.8, 4) is 11.3 Å². The van der Waals surface area contributed by atoms with Gasteiger partial charge in [-0.1, -0.05) is 42.5 Å². The Bertz CT molecular complexity index is 935. The molecule has 28 heavy (non-hydrogen) atoms. The summed E-state index contributed by atoms with van der Waals surface area (Å²) in [6, 6.07) is 19.6. The molecule has 0 unspecified atom stereocenters. The first-order valence-corrected chi connectivity index (χ1v) is 9.43. The van der Waals surface area contributed by atoms with Crippen molar-refractivity contribution >= 4 is 11.9 Å². The van der Waals surface area contributed by atoms with E-state index in [9.17, 15) is 4.79 Å². The summed E-state index contributed by atoms with van der Waals surface area (Å²) >= 11 is 0. The number of rotatable bonds is 5. The van der Waals surface area contributed by atoms with E-state index in [1.807, 2.05) is 24.3 Å². The van der Waals surface area contributed by atoms with E-state index < -0.39 is 5.91 Å². The molecule has 0 radical (unpaired) electrons. The summed E-state index contributed by atoms with van der Waals surface area (Å²) in [5.74, 6) is 0.319. The zero-order chi connectivity index (χ0) is 19.3. The van der Waals surface area contributed by atoms with Crippen LogP contribution in [0.1, 0.15) is 15.9 Å². The first-order chi connectivity index (χ1) is 13.7. The van der Waals surface area contributed by atoms with Crippen LogP contribution in [-0.2, 0) is 6.54 Å². The third kappa shape index (κ3) is 4.18. The van der Waals surface area contributed by atoms with Crippen molar-refractivity contribution in [2.24, 2.45) is 5.73 Å². The van der Waals surface area contributed by atoms with Gasteiger partial charge in [0.1, 0.15) is 0 Å². The minimum Gasteiger partial charge on any atom is -0.366 e. The first kappa shape index (κ1) is 18.1. The lowest BCUT2D eigenvalue weighted by Crippen LogP contribution is -2.46. The summed E-state index contributed by atoms with van der Waals surface area (Å²) in [6.07, 6.45) is 1.79. The number of carbonyl (C=O) groups excluding carboxylic acids is 1. The molecule has 1 aromatic heterocycles. The SMILES string of the molecule is NC(=O)c1ccc(-c2ccnc(N3CCN(Cc4ccccc4)CC3)n2)cc1. The van der Waals surface area contributed by atoms with E-state index in [1.165, 1.54) is 5.56 Å². The molecule has 0 bridgehead atoms. The van der Waals surface area contributed by atoms with Crippen LogP contribution in [0.4, 0.5) is 5.95 Å². The van der Waals surface area contributed by atoms with Gasteiger partial charge < -0.3 is 10.6 Å².